The molecule has 0 amide bonds. The Bertz CT molecular complexity index is 1950. The third-order valence-corrected chi connectivity index (χ3v) is 9.29. The summed E-state index contributed by atoms with van der Waals surface area (Å²) in [5.41, 5.74) is 9.29. The van der Waals surface area contributed by atoms with Crippen molar-refractivity contribution < 1.29 is 0 Å². The molecule has 0 atom stereocenters. The molecule has 0 aliphatic heterocycles. The third-order valence-electron chi connectivity index (χ3n) is 7.19. The van der Waals surface area contributed by atoms with Crippen LogP contribution >= 0.6 is 54.5 Å². The van der Waals surface area contributed by atoms with Crippen LogP contribution in [0.4, 0.5) is 0 Å². The lowest BCUT2D eigenvalue weighted by Gasteiger charge is -2.08. The van der Waals surface area contributed by atoms with Crippen LogP contribution in [0.5, 0.6) is 0 Å². The van der Waals surface area contributed by atoms with Gasteiger partial charge < -0.3 is 4.57 Å². The molecule has 0 bridgehead atoms. The molecule has 1 aliphatic rings. The predicted octanol–water partition coefficient (Wildman–Crippen LogP) is 11.9. The molecule has 0 saturated heterocycles. The second-order valence-corrected chi connectivity index (χ2v) is 12.7. The van der Waals surface area contributed by atoms with E-state index >= 15 is 0 Å². The van der Waals surface area contributed by atoms with Gasteiger partial charge in [0.05, 0.1) is 11.0 Å². The maximum atomic E-state index is 3.70. The SMILES string of the molecule is Brc1cccc2c1Cc1ccccc1-2.Brc1cccc2c3ccccc3n(-c3ccccc3)c12.Ic1ccccc1. The van der Waals surface area contributed by atoms with Crippen molar-refractivity contribution in [2.75, 3.05) is 0 Å². The Labute approximate surface area is 271 Å². The molecule has 7 aromatic rings. The molecule has 0 unspecified atom stereocenters. The van der Waals surface area contributed by atoms with Crippen molar-refractivity contribution in [3.8, 4) is 16.8 Å². The van der Waals surface area contributed by atoms with Crippen LogP contribution in [-0.4, -0.2) is 4.57 Å². The molecule has 8 rings (SSSR count). The fraction of sp³-hybridized carbons (Fsp3) is 0.0270. The summed E-state index contributed by atoms with van der Waals surface area (Å²) in [6.07, 6.45) is 1.06. The predicted molar refractivity (Wildman–Crippen MR) is 190 cm³/mol. The van der Waals surface area contributed by atoms with E-state index in [-0.39, 0.29) is 0 Å². The topological polar surface area (TPSA) is 4.93 Å². The van der Waals surface area contributed by atoms with Crippen LogP contribution in [0, 0.1) is 3.57 Å². The van der Waals surface area contributed by atoms with Gasteiger partial charge in [0.25, 0.3) is 0 Å². The van der Waals surface area contributed by atoms with Crippen molar-refractivity contribution in [2.24, 2.45) is 0 Å². The molecule has 1 nitrogen and oxygen atoms in total. The molecular weight excluding hydrogens is 745 g/mol. The van der Waals surface area contributed by atoms with Gasteiger partial charge in [-0.3, -0.25) is 0 Å². The zero-order valence-corrected chi connectivity index (χ0v) is 27.5. The van der Waals surface area contributed by atoms with E-state index in [1.807, 2.05) is 24.3 Å². The monoisotopic (exact) mass is 769 g/mol. The highest BCUT2D eigenvalue weighted by Crippen LogP contribution is 2.39. The highest BCUT2D eigenvalue weighted by molar-refractivity contribution is 14.1. The number of nitrogens with zero attached hydrogens (tertiary/aromatic N) is 1. The Morgan fingerprint density at radius 2 is 1.10 bits per heavy atom. The number of para-hydroxylation sites is 3. The lowest BCUT2D eigenvalue weighted by Crippen LogP contribution is -1.93. The molecule has 0 radical (unpaired) electrons. The van der Waals surface area contributed by atoms with Crippen molar-refractivity contribution in [1.29, 1.82) is 0 Å². The number of aromatic nitrogens is 1. The Morgan fingerprint density at radius 3 is 1.85 bits per heavy atom. The summed E-state index contributed by atoms with van der Waals surface area (Å²) in [5, 5.41) is 2.56. The molecule has 6 aromatic carbocycles. The Hall–Kier alpha value is -3.19. The van der Waals surface area contributed by atoms with Crippen LogP contribution in [0.3, 0.4) is 0 Å². The van der Waals surface area contributed by atoms with Crippen molar-refractivity contribution in [1.82, 2.24) is 4.57 Å². The zero-order valence-electron chi connectivity index (χ0n) is 22.1. The average Bonchev–Trinajstić information content (AvgIpc) is 3.57. The van der Waals surface area contributed by atoms with Crippen molar-refractivity contribution in [3.63, 3.8) is 0 Å². The van der Waals surface area contributed by atoms with Gasteiger partial charge in [0.2, 0.25) is 0 Å². The van der Waals surface area contributed by atoms with E-state index in [1.165, 1.54) is 57.8 Å². The smallest absolute Gasteiger partial charge is 0.0683 e. The van der Waals surface area contributed by atoms with E-state index in [0.717, 1.165) is 10.9 Å². The van der Waals surface area contributed by atoms with Gasteiger partial charge >= 0.3 is 0 Å². The first-order valence-corrected chi connectivity index (χ1v) is 16.1. The van der Waals surface area contributed by atoms with Gasteiger partial charge in [-0.05, 0) is 110 Å². The minimum absolute atomic E-state index is 1.06. The molecule has 0 saturated carbocycles. The molecule has 4 heteroatoms. The molecular formula is C37H26Br2IN. The van der Waals surface area contributed by atoms with Crippen LogP contribution in [-0.2, 0) is 6.42 Å². The molecule has 1 aromatic heterocycles. The number of hydrogen-bond donors (Lipinski definition) is 0. The van der Waals surface area contributed by atoms with E-state index in [1.54, 1.807) is 0 Å². The summed E-state index contributed by atoms with van der Waals surface area (Å²) in [6, 6.07) is 50.7. The van der Waals surface area contributed by atoms with Crippen LogP contribution < -0.4 is 0 Å². The highest BCUT2D eigenvalue weighted by atomic mass is 127. The maximum absolute atomic E-state index is 3.70. The second-order valence-electron chi connectivity index (χ2n) is 9.72. The summed E-state index contributed by atoms with van der Waals surface area (Å²) < 4.78 is 5.95. The number of halogens is 3. The molecule has 200 valence electrons. The fourth-order valence-electron chi connectivity index (χ4n) is 5.36. The number of hydrogen-bond acceptors (Lipinski definition) is 0. The van der Waals surface area contributed by atoms with Gasteiger partial charge in [-0.25, -0.2) is 0 Å². The average molecular weight is 771 g/mol. The second kappa shape index (κ2) is 12.8. The van der Waals surface area contributed by atoms with Gasteiger partial charge in [-0.1, -0.05) is 119 Å². The minimum atomic E-state index is 1.06. The van der Waals surface area contributed by atoms with Gasteiger partial charge in [0.1, 0.15) is 0 Å². The normalized spacial score (nSPS) is 11.2. The van der Waals surface area contributed by atoms with Crippen LogP contribution in [0.15, 0.2) is 155 Å². The summed E-state index contributed by atoms with van der Waals surface area (Å²) in [5.74, 6) is 0. The van der Waals surface area contributed by atoms with E-state index in [4.69, 9.17) is 0 Å². The van der Waals surface area contributed by atoms with Gasteiger partial charge in [-0.15, -0.1) is 0 Å². The van der Waals surface area contributed by atoms with Crippen LogP contribution in [0.25, 0.3) is 38.6 Å². The first kappa shape index (κ1) is 28.0. The standard InChI is InChI=1S/C18H12BrN.C13H9Br.C6H5I/c19-16-11-6-10-15-14-9-4-5-12-17(14)20(18(15)16)13-7-2-1-3-8-13;14-13-7-3-6-11-10-5-2-1-4-9(10)8-12(11)13;7-6-4-2-1-3-5-6/h1-12H;1-7H,8H2;1-5H. The number of benzene rings is 6. The fourth-order valence-corrected chi connectivity index (χ4v) is 6.82. The number of rotatable bonds is 1. The van der Waals surface area contributed by atoms with Crippen molar-refractivity contribution in [2.45, 2.75) is 6.42 Å². The Balaban J connectivity index is 0.000000124. The molecule has 1 heterocycles. The molecule has 0 fully saturated rings. The lowest BCUT2D eigenvalue weighted by atomic mass is 10.1. The molecule has 0 N–H and O–H groups in total. The summed E-state index contributed by atoms with van der Waals surface area (Å²) in [6.45, 7) is 0. The zero-order chi connectivity index (χ0) is 28.2. The first-order chi connectivity index (χ1) is 20.1. The third kappa shape index (κ3) is 5.92. The Morgan fingerprint density at radius 1 is 0.512 bits per heavy atom. The largest absolute Gasteiger partial charge is 0.308 e. The summed E-state index contributed by atoms with van der Waals surface area (Å²) in [4.78, 5) is 0. The van der Waals surface area contributed by atoms with Gasteiger partial charge in [0.15, 0.2) is 0 Å². The lowest BCUT2D eigenvalue weighted by molar-refractivity contribution is 1.18. The van der Waals surface area contributed by atoms with Gasteiger partial charge in [0, 0.05) is 29.0 Å². The summed E-state index contributed by atoms with van der Waals surface area (Å²) in [7, 11) is 0. The van der Waals surface area contributed by atoms with Gasteiger partial charge in [-0.2, -0.15) is 0 Å². The molecule has 41 heavy (non-hydrogen) atoms. The van der Waals surface area contributed by atoms with E-state index in [2.05, 4.69) is 180 Å². The van der Waals surface area contributed by atoms with Crippen LogP contribution in [0.2, 0.25) is 0 Å². The van der Waals surface area contributed by atoms with Crippen LogP contribution in [0.1, 0.15) is 11.1 Å². The van der Waals surface area contributed by atoms with Crippen molar-refractivity contribution in [3.05, 3.63) is 169 Å². The van der Waals surface area contributed by atoms with E-state index in [9.17, 15) is 0 Å². The molecule has 1 aliphatic carbocycles. The Kier molecular flexibility index (Phi) is 8.70. The minimum Gasteiger partial charge on any atom is -0.308 e. The quantitative estimate of drug-likeness (QED) is 0.147. The summed E-state index contributed by atoms with van der Waals surface area (Å²) >= 11 is 9.59. The van der Waals surface area contributed by atoms with E-state index in [0.29, 0.717) is 0 Å². The number of fused-ring (bicyclic) bond motifs is 6. The highest BCUT2D eigenvalue weighted by Gasteiger charge is 2.19. The first-order valence-electron chi connectivity index (χ1n) is 13.4. The van der Waals surface area contributed by atoms with E-state index < -0.39 is 0 Å². The van der Waals surface area contributed by atoms with Crippen molar-refractivity contribution >= 4 is 76.3 Å². The molecule has 0 spiro atoms. The maximum Gasteiger partial charge on any atom is 0.0683 e.